The van der Waals surface area contributed by atoms with E-state index in [1.54, 1.807) is 26.0 Å². The third kappa shape index (κ3) is 3.43. The van der Waals surface area contributed by atoms with E-state index in [9.17, 15) is 13.2 Å². The molecule has 0 fully saturated rings. The minimum Gasteiger partial charge on any atom is -0.460 e. The third-order valence-corrected chi connectivity index (χ3v) is 7.45. The molecule has 0 bridgehead atoms. The Balaban J connectivity index is 1.82. The highest BCUT2D eigenvalue weighted by molar-refractivity contribution is 7.92. The fourth-order valence-corrected chi connectivity index (χ4v) is 6.22. The van der Waals surface area contributed by atoms with Crippen LogP contribution < -0.4 is 4.72 Å². The minimum absolute atomic E-state index is 0.0443. The largest absolute Gasteiger partial charge is 0.460 e. The molecule has 6 heteroatoms. The van der Waals surface area contributed by atoms with Crippen LogP contribution >= 0.6 is 0 Å². The van der Waals surface area contributed by atoms with Crippen molar-refractivity contribution in [2.75, 3.05) is 4.72 Å². The molecule has 0 spiro atoms. The number of anilines is 1. The lowest BCUT2D eigenvalue weighted by molar-refractivity contribution is 0.0906. The van der Waals surface area contributed by atoms with Gasteiger partial charge in [-0.2, -0.15) is 0 Å². The van der Waals surface area contributed by atoms with Crippen LogP contribution in [0.1, 0.15) is 58.6 Å². The molecule has 3 aromatic rings. The van der Waals surface area contributed by atoms with E-state index in [4.69, 9.17) is 4.42 Å². The Bertz CT molecular complexity index is 1290. The van der Waals surface area contributed by atoms with E-state index < -0.39 is 10.0 Å². The van der Waals surface area contributed by atoms with Gasteiger partial charge in [-0.25, -0.2) is 8.42 Å². The van der Waals surface area contributed by atoms with Crippen LogP contribution in [0.3, 0.4) is 0 Å². The molecule has 1 aliphatic rings. The van der Waals surface area contributed by atoms with Crippen molar-refractivity contribution < 1.29 is 17.6 Å². The Kier molecular flexibility index (Phi) is 4.62. The Hall–Kier alpha value is -2.60. The van der Waals surface area contributed by atoms with Gasteiger partial charge in [0.05, 0.1) is 16.1 Å². The maximum absolute atomic E-state index is 13.2. The number of benzene rings is 2. The zero-order valence-corrected chi connectivity index (χ0v) is 19.1. The Morgan fingerprint density at radius 1 is 0.933 bits per heavy atom. The van der Waals surface area contributed by atoms with Gasteiger partial charge < -0.3 is 4.42 Å². The number of hydrogen-bond acceptors (Lipinski definition) is 4. The first-order valence-electron chi connectivity index (χ1n) is 10.1. The van der Waals surface area contributed by atoms with Crippen LogP contribution in [0.2, 0.25) is 0 Å². The van der Waals surface area contributed by atoms with Gasteiger partial charge in [-0.15, -0.1) is 0 Å². The molecule has 0 aliphatic heterocycles. The Labute approximate surface area is 177 Å². The molecular weight excluding hydrogens is 398 g/mol. The van der Waals surface area contributed by atoms with E-state index in [0.29, 0.717) is 56.8 Å². The van der Waals surface area contributed by atoms with Crippen molar-refractivity contribution in [1.82, 2.24) is 0 Å². The van der Waals surface area contributed by atoms with Crippen LogP contribution in [0, 0.1) is 33.1 Å². The predicted octanol–water partition coefficient (Wildman–Crippen LogP) is 5.62. The summed E-state index contributed by atoms with van der Waals surface area (Å²) in [5.41, 5.74) is 4.70. The quantitative estimate of drug-likeness (QED) is 0.591. The van der Waals surface area contributed by atoms with Crippen LogP contribution in [0.4, 0.5) is 5.69 Å². The summed E-state index contributed by atoms with van der Waals surface area (Å²) < 4.78 is 35.2. The molecule has 1 aliphatic carbocycles. The maximum atomic E-state index is 13.2. The molecule has 2 aromatic carbocycles. The molecule has 30 heavy (non-hydrogen) atoms. The number of Topliss-reactive ketones (excluding diaryl/α,β-unsaturated/α-hetero) is 1. The summed E-state index contributed by atoms with van der Waals surface area (Å²) >= 11 is 0. The van der Waals surface area contributed by atoms with E-state index in [-0.39, 0.29) is 11.2 Å². The summed E-state index contributed by atoms with van der Waals surface area (Å²) in [7, 11) is -3.78. The van der Waals surface area contributed by atoms with Crippen LogP contribution in [0.15, 0.2) is 33.6 Å². The molecule has 5 nitrogen and oxygen atoms in total. The second kappa shape index (κ2) is 6.71. The average Bonchev–Trinajstić information content (AvgIpc) is 2.88. The van der Waals surface area contributed by atoms with E-state index >= 15 is 0 Å². The standard InChI is InChI=1S/C24H27NO4S/c1-13-7-15(3)23(16(4)8-13)30(27,28)25-18-10-17-20(9-14(18)2)29-21-12-24(5,6)11-19(26)22(17)21/h7-10,25H,11-12H2,1-6H3. The lowest BCUT2D eigenvalue weighted by Gasteiger charge is -2.27. The molecule has 0 radical (unpaired) electrons. The van der Waals surface area contributed by atoms with E-state index in [1.165, 1.54) is 0 Å². The third-order valence-electron chi connectivity index (χ3n) is 5.78. The first kappa shape index (κ1) is 20.7. The maximum Gasteiger partial charge on any atom is 0.262 e. The Morgan fingerprint density at radius 3 is 2.20 bits per heavy atom. The number of aryl methyl sites for hydroxylation is 4. The van der Waals surface area contributed by atoms with Crippen molar-refractivity contribution in [3.63, 3.8) is 0 Å². The molecule has 0 amide bonds. The molecule has 158 valence electrons. The zero-order chi connectivity index (χ0) is 22.0. The second-order valence-corrected chi connectivity index (χ2v) is 11.0. The average molecular weight is 426 g/mol. The Morgan fingerprint density at radius 2 is 1.57 bits per heavy atom. The van der Waals surface area contributed by atoms with E-state index in [0.717, 1.165) is 11.1 Å². The summed E-state index contributed by atoms with van der Waals surface area (Å²) in [6, 6.07) is 7.27. The number of furan rings is 1. The fraction of sp³-hybridized carbons (Fsp3) is 0.375. The van der Waals surface area contributed by atoms with Gasteiger partial charge in [0.1, 0.15) is 11.3 Å². The van der Waals surface area contributed by atoms with Crippen LogP contribution in [0.25, 0.3) is 11.0 Å². The fourth-order valence-electron chi connectivity index (χ4n) is 4.64. The van der Waals surface area contributed by atoms with E-state index in [1.807, 2.05) is 26.0 Å². The van der Waals surface area contributed by atoms with Crippen molar-refractivity contribution >= 4 is 32.5 Å². The van der Waals surface area contributed by atoms with Crippen molar-refractivity contribution in [2.24, 2.45) is 5.41 Å². The first-order valence-corrected chi connectivity index (χ1v) is 11.6. The highest BCUT2D eigenvalue weighted by Gasteiger charge is 2.35. The lowest BCUT2D eigenvalue weighted by atomic mass is 9.76. The normalized spacial score (nSPS) is 16.0. The summed E-state index contributed by atoms with van der Waals surface area (Å²) in [5, 5.41) is 0.672. The number of sulfonamides is 1. The van der Waals surface area contributed by atoms with Gasteiger partial charge in [-0.05, 0) is 61.9 Å². The van der Waals surface area contributed by atoms with Crippen LogP contribution in [-0.2, 0) is 16.4 Å². The van der Waals surface area contributed by atoms with Gasteiger partial charge in [-0.1, -0.05) is 31.5 Å². The topological polar surface area (TPSA) is 76.4 Å². The second-order valence-electron chi connectivity index (χ2n) is 9.34. The number of carbonyl (C=O) groups excluding carboxylic acids is 1. The molecule has 1 aromatic heterocycles. The number of fused-ring (bicyclic) bond motifs is 3. The molecule has 1 heterocycles. The minimum atomic E-state index is -3.78. The van der Waals surface area contributed by atoms with Gasteiger partial charge >= 0.3 is 0 Å². The molecule has 0 saturated heterocycles. The molecule has 0 saturated carbocycles. The van der Waals surface area contributed by atoms with E-state index in [2.05, 4.69) is 18.6 Å². The van der Waals surface area contributed by atoms with Crippen molar-refractivity contribution in [2.45, 2.75) is 59.3 Å². The summed E-state index contributed by atoms with van der Waals surface area (Å²) in [6.45, 7) is 11.5. The van der Waals surface area contributed by atoms with Gasteiger partial charge in [0, 0.05) is 18.2 Å². The summed E-state index contributed by atoms with van der Waals surface area (Å²) in [5.74, 6) is 0.735. The number of hydrogen-bond donors (Lipinski definition) is 1. The zero-order valence-electron chi connectivity index (χ0n) is 18.3. The van der Waals surface area contributed by atoms with Gasteiger partial charge in [0.25, 0.3) is 10.0 Å². The SMILES string of the molecule is Cc1cc(C)c(S(=O)(=O)Nc2cc3c4c(oc3cc2C)CC(C)(C)CC4=O)c(C)c1. The smallest absolute Gasteiger partial charge is 0.262 e. The van der Waals surface area contributed by atoms with Crippen LogP contribution in [0.5, 0.6) is 0 Å². The van der Waals surface area contributed by atoms with Gasteiger partial charge in [0.2, 0.25) is 0 Å². The van der Waals surface area contributed by atoms with Crippen molar-refractivity contribution in [1.29, 1.82) is 0 Å². The van der Waals surface area contributed by atoms with Crippen LogP contribution in [-0.4, -0.2) is 14.2 Å². The highest BCUT2D eigenvalue weighted by Crippen LogP contribution is 2.41. The molecule has 1 N–H and O–H groups in total. The summed E-state index contributed by atoms with van der Waals surface area (Å²) in [6.07, 6.45) is 1.13. The predicted molar refractivity (Wildman–Crippen MR) is 119 cm³/mol. The first-order chi connectivity index (χ1) is 13.9. The lowest BCUT2D eigenvalue weighted by Crippen LogP contribution is -2.25. The highest BCUT2D eigenvalue weighted by atomic mass is 32.2. The number of nitrogens with one attached hydrogen (secondary N) is 1. The number of carbonyl (C=O) groups is 1. The monoisotopic (exact) mass is 425 g/mol. The van der Waals surface area contributed by atoms with Gasteiger partial charge in [-0.3, -0.25) is 9.52 Å². The molecule has 0 atom stereocenters. The molecule has 4 rings (SSSR count). The molecule has 0 unspecified atom stereocenters. The number of ketones is 1. The summed E-state index contributed by atoms with van der Waals surface area (Å²) in [4.78, 5) is 13.1. The number of rotatable bonds is 3. The van der Waals surface area contributed by atoms with Gasteiger partial charge in [0.15, 0.2) is 5.78 Å². The van der Waals surface area contributed by atoms with Crippen molar-refractivity contribution in [3.8, 4) is 0 Å². The van der Waals surface area contributed by atoms with Crippen molar-refractivity contribution in [3.05, 3.63) is 57.8 Å². The molecular formula is C24H27NO4S.